The number of carbonyl (C=O) groups is 1. The molecule has 1 saturated heterocycles. The number of sulfone groups is 1. The topological polar surface area (TPSA) is 87.0 Å². The number of nitrogens with one attached hydrogen (secondary N) is 1. The molecule has 0 aromatic rings. The van der Waals surface area contributed by atoms with Crippen LogP contribution in [-0.2, 0) is 14.6 Å². The molecule has 6 heteroatoms. The highest BCUT2D eigenvalue weighted by atomic mass is 32.2. The summed E-state index contributed by atoms with van der Waals surface area (Å²) >= 11 is 0. The van der Waals surface area contributed by atoms with Crippen LogP contribution in [0.3, 0.4) is 0 Å². The van der Waals surface area contributed by atoms with Crippen molar-refractivity contribution in [2.75, 3.05) is 18.1 Å². The summed E-state index contributed by atoms with van der Waals surface area (Å²) in [5, 5.41) is 11.1. The minimum Gasteiger partial charge on any atom is -0.355 e. The van der Waals surface area contributed by atoms with Crippen LogP contribution in [0, 0.1) is 23.2 Å². The van der Waals surface area contributed by atoms with Crippen LogP contribution in [0.2, 0.25) is 0 Å². The summed E-state index contributed by atoms with van der Waals surface area (Å²) in [7, 11) is -3.01. The summed E-state index contributed by atoms with van der Waals surface area (Å²) < 4.78 is 22.2. The Hall–Kier alpha value is -1.09. The Kier molecular flexibility index (Phi) is 3.69. The van der Waals surface area contributed by atoms with Gasteiger partial charge in [0.15, 0.2) is 9.84 Å². The lowest BCUT2D eigenvalue weighted by Crippen LogP contribution is -2.34. The van der Waals surface area contributed by atoms with E-state index in [2.05, 4.69) is 5.32 Å². The van der Waals surface area contributed by atoms with Gasteiger partial charge in [-0.25, -0.2) is 8.42 Å². The SMILES string of the molecule is CC(C#N)CNC(=O)C1CCS(=O)(=O)C1. The zero-order valence-corrected chi connectivity index (χ0v) is 9.38. The predicted octanol–water partition coefficient (Wildman–Crippen LogP) is -0.303. The highest BCUT2D eigenvalue weighted by Crippen LogP contribution is 2.18. The molecule has 0 aromatic heterocycles. The van der Waals surface area contributed by atoms with Gasteiger partial charge in [0.25, 0.3) is 0 Å². The monoisotopic (exact) mass is 230 g/mol. The first kappa shape index (κ1) is 12.0. The third-order valence-electron chi connectivity index (χ3n) is 2.41. The predicted molar refractivity (Wildman–Crippen MR) is 54.5 cm³/mol. The Morgan fingerprint density at radius 1 is 1.67 bits per heavy atom. The van der Waals surface area contributed by atoms with Gasteiger partial charge in [0.05, 0.1) is 29.4 Å². The van der Waals surface area contributed by atoms with E-state index in [4.69, 9.17) is 5.26 Å². The van der Waals surface area contributed by atoms with E-state index in [1.54, 1.807) is 6.92 Å². The molecule has 0 spiro atoms. The minimum absolute atomic E-state index is 0.0558. The molecule has 0 aromatic carbocycles. The summed E-state index contributed by atoms with van der Waals surface area (Å²) in [6, 6.07) is 1.99. The van der Waals surface area contributed by atoms with Crippen LogP contribution in [0.4, 0.5) is 0 Å². The molecular weight excluding hydrogens is 216 g/mol. The van der Waals surface area contributed by atoms with Crippen molar-refractivity contribution < 1.29 is 13.2 Å². The molecule has 0 radical (unpaired) electrons. The number of carbonyl (C=O) groups excluding carboxylic acids is 1. The Labute approximate surface area is 89.4 Å². The van der Waals surface area contributed by atoms with Gasteiger partial charge in [-0.15, -0.1) is 0 Å². The number of nitriles is 1. The number of hydrogen-bond acceptors (Lipinski definition) is 4. The third kappa shape index (κ3) is 3.51. The molecule has 1 aliphatic rings. The Balaban J connectivity index is 2.40. The maximum absolute atomic E-state index is 11.5. The Morgan fingerprint density at radius 3 is 2.80 bits per heavy atom. The van der Waals surface area contributed by atoms with E-state index >= 15 is 0 Å². The minimum atomic E-state index is -3.01. The first-order chi connectivity index (χ1) is 6.94. The van der Waals surface area contributed by atoms with Crippen LogP contribution in [-0.4, -0.2) is 32.4 Å². The zero-order valence-electron chi connectivity index (χ0n) is 8.56. The van der Waals surface area contributed by atoms with Gasteiger partial charge in [-0.2, -0.15) is 5.26 Å². The summed E-state index contributed by atoms with van der Waals surface area (Å²) in [6.07, 6.45) is 0.398. The molecule has 1 aliphatic heterocycles. The smallest absolute Gasteiger partial charge is 0.224 e. The fraction of sp³-hybridized carbons (Fsp3) is 0.778. The van der Waals surface area contributed by atoms with E-state index in [9.17, 15) is 13.2 Å². The molecule has 0 bridgehead atoms. The second kappa shape index (κ2) is 4.62. The van der Waals surface area contributed by atoms with Crippen LogP contribution >= 0.6 is 0 Å². The van der Waals surface area contributed by atoms with Crippen molar-refractivity contribution >= 4 is 15.7 Å². The van der Waals surface area contributed by atoms with Gasteiger partial charge >= 0.3 is 0 Å². The van der Waals surface area contributed by atoms with Crippen LogP contribution in [0.5, 0.6) is 0 Å². The standard InChI is InChI=1S/C9H14N2O3S/c1-7(4-10)5-11-9(12)8-2-3-15(13,14)6-8/h7-8H,2-3,5-6H2,1H3,(H,11,12). The molecule has 1 rings (SSSR count). The average molecular weight is 230 g/mol. The highest BCUT2D eigenvalue weighted by Gasteiger charge is 2.32. The van der Waals surface area contributed by atoms with Gasteiger partial charge in [0, 0.05) is 6.54 Å². The molecular formula is C9H14N2O3S. The van der Waals surface area contributed by atoms with Crippen molar-refractivity contribution in [2.45, 2.75) is 13.3 Å². The van der Waals surface area contributed by atoms with E-state index in [0.717, 1.165) is 0 Å². The Morgan fingerprint density at radius 2 is 2.33 bits per heavy atom. The van der Waals surface area contributed by atoms with Gasteiger partial charge in [0.1, 0.15) is 0 Å². The lowest BCUT2D eigenvalue weighted by molar-refractivity contribution is -0.124. The molecule has 2 unspecified atom stereocenters. The summed E-state index contributed by atoms with van der Waals surface area (Å²) in [5.41, 5.74) is 0. The fourth-order valence-electron chi connectivity index (χ4n) is 1.45. The lowest BCUT2D eigenvalue weighted by atomic mass is 10.1. The maximum Gasteiger partial charge on any atom is 0.224 e. The summed E-state index contributed by atoms with van der Waals surface area (Å²) in [6.45, 7) is 1.98. The average Bonchev–Trinajstić information content (AvgIpc) is 2.54. The van der Waals surface area contributed by atoms with Crippen molar-refractivity contribution in [1.29, 1.82) is 5.26 Å². The van der Waals surface area contributed by atoms with E-state index in [1.807, 2.05) is 6.07 Å². The van der Waals surface area contributed by atoms with Crippen molar-refractivity contribution in [3.63, 3.8) is 0 Å². The van der Waals surface area contributed by atoms with E-state index in [-0.39, 0.29) is 29.9 Å². The van der Waals surface area contributed by atoms with Crippen molar-refractivity contribution in [1.82, 2.24) is 5.32 Å². The van der Waals surface area contributed by atoms with E-state index in [0.29, 0.717) is 6.42 Å². The summed E-state index contributed by atoms with van der Waals surface area (Å²) in [4.78, 5) is 11.5. The lowest BCUT2D eigenvalue weighted by Gasteiger charge is -2.09. The zero-order chi connectivity index (χ0) is 11.5. The number of hydrogen-bond donors (Lipinski definition) is 1. The molecule has 15 heavy (non-hydrogen) atoms. The van der Waals surface area contributed by atoms with Crippen molar-refractivity contribution in [2.24, 2.45) is 11.8 Å². The quantitative estimate of drug-likeness (QED) is 0.721. The normalized spacial score (nSPS) is 25.5. The summed E-state index contributed by atoms with van der Waals surface area (Å²) in [5.74, 6) is -0.885. The molecule has 1 amide bonds. The third-order valence-corrected chi connectivity index (χ3v) is 4.17. The molecule has 1 heterocycles. The van der Waals surface area contributed by atoms with Gasteiger partial charge in [-0.3, -0.25) is 4.79 Å². The van der Waals surface area contributed by atoms with E-state index in [1.165, 1.54) is 0 Å². The first-order valence-electron chi connectivity index (χ1n) is 4.82. The maximum atomic E-state index is 11.5. The molecule has 1 fully saturated rings. The fourth-order valence-corrected chi connectivity index (χ4v) is 3.19. The molecule has 84 valence electrons. The van der Waals surface area contributed by atoms with Crippen molar-refractivity contribution in [3.8, 4) is 6.07 Å². The van der Waals surface area contributed by atoms with E-state index < -0.39 is 15.8 Å². The molecule has 0 aliphatic carbocycles. The van der Waals surface area contributed by atoms with Crippen molar-refractivity contribution in [3.05, 3.63) is 0 Å². The van der Waals surface area contributed by atoms with Gasteiger partial charge in [0.2, 0.25) is 5.91 Å². The number of rotatable bonds is 3. The molecule has 2 atom stereocenters. The second-order valence-corrected chi connectivity index (χ2v) is 6.10. The van der Waals surface area contributed by atoms with Crippen LogP contribution in [0.25, 0.3) is 0 Å². The van der Waals surface area contributed by atoms with Gasteiger partial charge in [-0.05, 0) is 13.3 Å². The van der Waals surface area contributed by atoms with Crippen LogP contribution in [0.1, 0.15) is 13.3 Å². The van der Waals surface area contributed by atoms with Gasteiger partial charge in [-0.1, -0.05) is 0 Å². The second-order valence-electron chi connectivity index (χ2n) is 3.88. The molecule has 0 saturated carbocycles. The molecule has 1 N–H and O–H groups in total. The van der Waals surface area contributed by atoms with Crippen LogP contribution < -0.4 is 5.32 Å². The largest absolute Gasteiger partial charge is 0.355 e. The number of nitrogens with zero attached hydrogens (tertiary/aromatic N) is 1. The Bertz CT molecular complexity index is 383. The first-order valence-corrected chi connectivity index (χ1v) is 6.64. The van der Waals surface area contributed by atoms with Gasteiger partial charge < -0.3 is 5.32 Å². The number of amides is 1. The molecule has 5 nitrogen and oxygen atoms in total. The highest BCUT2D eigenvalue weighted by molar-refractivity contribution is 7.91. The van der Waals surface area contributed by atoms with Crippen LogP contribution in [0.15, 0.2) is 0 Å².